The van der Waals surface area contributed by atoms with Crippen LogP contribution in [0, 0.1) is 0 Å². The summed E-state index contributed by atoms with van der Waals surface area (Å²) in [5, 5.41) is 10.1. The van der Waals surface area contributed by atoms with Crippen LogP contribution in [0.1, 0.15) is 43.5 Å². The topological polar surface area (TPSA) is 140 Å². The van der Waals surface area contributed by atoms with Gasteiger partial charge in [0.05, 0.1) is 48.0 Å². The second-order valence-electron chi connectivity index (χ2n) is 11.5. The molecule has 2 aromatic carbocycles. The number of nitrogens with zero attached hydrogens (tertiary/aromatic N) is 4. The SMILES string of the molecule is COc1nc(-c2cccc(-c3cccc(-c4cnc(CN[C@@H]5CNC(=O)C5)c(OC)n4)c3Cl)c2Cl)cnc1CCC[C@H]1CCC(=O)N1. The number of carbonyl (C=O) groups is 2. The number of methoxy groups -OCH3 is 2. The van der Waals surface area contributed by atoms with Crippen molar-refractivity contribution in [1.29, 1.82) is 0 Å². The van der Waals surface area contributed by atoms with Gasteiger partial charge >= 0.3 is 0 Å². The zero-order valence-electron chi connectivity index (χ0n) is 26.1. The van der Waals surface area contributed by atoms with Crippen LogP contribution >= 0.6 is 23.2 Å². The molecule has 0 saturated carbocycles. The maximum absolute atomic E-state index is 11.5. The summed E-state index contributed by atoms with van der Waals surface area (Å²) < 4.78 is 11.2. The lowest BCUT2D eigenvalue weighted by atomic mass is 9.98. The molecule has 2 amide bonds. The van der Waals surface area contributed by atoms with E-state index in [1.165, 1.54) is 0 Å². The van der Waals surface area contributed by atoms with Gasteiger partial charge < -0.3 is 25.4 Å². The Labute approximate surface area is 282 Å². The second kappa shape index (κ2) is 14.6. The molecule has 2 fully saturated rings. The fourth-order valence-electron chi connectivity index (χ4n) is 5.95. The van der Waals surface area contributed by atoms with Gasteiger partial charge in [-0.15, -0.1) is 0 Å². The first-order valence-electron chi connectivity index (χ1n) is 15.5. The smallest absolute Gasteiger partial charge is 0.237 e. The van der Waals surface area contributed by atoms with Gasteiger partial charge in [-0.05, 0) is 25.7 Å². The van der Waals surface area contributed by atoms with E-state index in [0.717, 1.165) is 36.1 Å². The van der Waals surface area contributed by atoms with Crippen molar-refractivity contribution in [2.24, 2.45) is 0 Å². The first-order chi connectivity index (χ1) is 22.8. The Morgan fingerprint density at radius 3 is 2.00 bits per heavy atom. The number of nitrogens with one attached hydrogen (secondary N) is 3. The first kappa shape index (κ1) is 32.6. The third kappa shape index (κ3) is 7.32. The first-order valence-corrected chi connectivity index (χ1v) is 16.3. The van der Waals surface area contributed by atoms with Crippen LogP contribution in [0.25, 0.3) is 33.6 Å². The minimum atomic E-state index is 0.0286. The van der Waals surface area contributed by atoms with Crippen molar-refractivity contribution in [3.63, 3.8) is 0 Å². The molecule has 2 aliphatic heterocycles. The summed E-state index contributed by atoms with van der Waals surface area (Å²) in [4.78, 5) is 41.8. The molecule has 2 saturated heterocycles. The monoisotopic (exact) mass is 675 g/mol. The largest absolute Gasteiger partial charge is 0.480 e. The van der Waals surface area contributed by atoms with Gasteiger partial charge in [-0.2, -0.15) is 0 Å². The van der Waals surface area contributed by atoms with Crippen LogP contribution in [0.15, 0.2) is 48.8 Å². The highest BCUT2D eigenvalue weighted by Crippen LogP contribution is 2.42. The van der Waals surface area contributed by atoms with E-state index in [9.17, 15) is 9.59 Å². The Bertz CT molecular complexity index is 1800. The number of benzene rings is 2. The summed E-state index contributed by atoms with van der Waals surface area (Å²) in [6.07, 6.45) is 7.68. The Morgan fingerprint density at radius 2 is 1.45 bits per heavy atom. The number of rotatable bonds is 12. The quantitative estimate of drug-likeness (QED) is 0.185. The average Bonchev–Trinajstić information content (AvgIpc) is 3.71. The van der Waals surface area contributed by atoms with Crippen LogP contribution in [0.3, 0.4) is 0 Å². The van der Waals surface area contributed by atoms with Gasteiger partial charge in [0.15, 0.2) is 0 Å². The molecular formula is C34H35Cl2N7O4. The van der Waals surface area contributed by atoms with Crippen molar-refractivity contribution < 1.29 is 19.1 Å². The van der Waals surface area contributed by atoms with Gasteiger partial charge in [-0.25, -0.2) is 9.97 Å². The molecular weight excluding hydrogens is 641 g/mol. The number of halogens is 2. The molecule has 3 N–H and O–H groups in total. The second-order valence-corrected chi connectivity index (χ2v) is 12.3. The summed E-state index contributed by atoms with van der Waals surface area (Å²) in [5.41, 5.74) is 5.31. The number of hydrogen-bond acceptors (Lipinski definition) is 9. The number of aryl methyl sites for hydroxylation is 1. The highest BCUT2D eigenvalue weighted by Gasteiger charge is 2.23. The van der Waals surface area contributed by atoms with E-state index in [2.05, 4.69) is 25.9 Å². The van der Waals surface area contributed by atoms with Crippen molar-refractivity contribution >= 4 is 35.0 Å². The van der Waals surface area contributed by atoms with E-state index in [0.29, 0.717) is 82.4 Å². The Morgan fingerprint density at radius 1 is 0.851 bits per heavy atom. The van der Waals surface area contributed by atoms with Crippen molar-refractivity contribution in [3.8, 4) is 45.4 Å². The van der Waals surface area contributed by atoms with Crippen molar-refractivity contribution in [2.45, 2.75) is 57.2 Å². The van der Waals surface area contributed by atoms with Gasteiger partial charge in [0.1, 0.15) is 11.4 Å². The third-order valence-electron chi connectivity index (χ3n) is 8.44. The number of aromatic nitrogens is 4. The lowest BCUT2D eigenvalue weighted by Crippen LogP contribution is -2.30. The summed E-state index contributed by atoms with van der Waals surface area (Å²) in [6, 6.07) is 11.6. The van der Waals surface area contributed by atoms with E-state index in [1.807, 2.05) is 36.4 Å². The molecule has 244 valence electrons. The Kier molecular flexibility index (Phi) is 10.1. The highest BCUT2D eigenvalue weighted by atomic mass is 35.5. The summed E-state index contributed by atoms with van der Waals surface area (Å²) in [5.74, 6) is 0.962. The molecule has 4 heterocycles. The van der Waals surface area contributed by atoms with Gasteiger partial charge in [0, 0.05) is 60.3 Å². The van der Waals surface area contributed by atoms with Crippen LogP contribution in [0.4, 0.5) is 0 Å². The van der Waals surface area contributed by atoms with E-state index in [1.54, 1.807) is 26.6 Å². The molecule has 0 spiro atoms. The fraction of sp³-hybridized carbons (Fsp3) is 0.353. The summed E-state index contributed by atoms with van der Waals surface area (Å²) >= 11 is 14.1. The van der Waals surface area contributed by atoms with Crippen LogP contribution in [-0.2, 0) is 22.6 Å². The third-order valence-corrected chi connectivity index (χ3v) is 9.25. The van der Waals surface area contributed by atoms with Crippen molar-refractivity contribution in [1.82, 2.24) is 35.9 Å². The molecule has 47 heavy (non-hydrogen) atoms. The molecule has 2 atom stereocenters. The van der Waals surface area contributed by atoms with E-state index in [-0.39, 0.29) is 23.9 Å². The normalized spacial score (nSPS) is 17.4. The van der Waals surface area contributed by atoms with Crippen LogP contribution in [-0.4, -0.2) is 64.6 Å². The number of ether oxygens (including phenoxy) is 2. The zero-order chi connectivity index (χ0) is 32.9. The van der Waals surface area contributed by atoms with E-state index >= 15 is 0 Å². The Balaban J connectivity index is 1.22. The molecule has 13 heteroatoms. The van der Waals surface area contributed by atoms with Gasteiger partial charge in [-0.3, -0.25) is 19.6 Å². The van der Waals surface area contributed by atoms with E-state index in [4.69, 9.17) is 42.6 Å². The molecule has 6 rings (SSSR count). The predicted octanol–water partition coefficient (Wildman–Crippen LogP) is 5.17. The van der Waals surface area contributed by atoms with E-state index < -0.39 is 0 Å². The average molecular weight is 677 g/mol. The lowest BCUT2D eigenvalue weighted by molar-refractivity contribution is -0.120. The molecule has 2 aromatic heterocycles. The van der Waals surface area contributed by atoms with Crippen LogP contribution in [0.2, 0.25) is 10.0 Å². The van der Waals surface area contributed by atoms with Crippen LogP contribution in [0.5, 0.6) is 11.8 Å². The fourth-order valence-corrected chi connectivity index (χ4v) is 6.60. The molecule has 0 unspecified atom stereocenters. The zero-order valence-corrected chi connectivity index (χ0v) is 27.6. The highest BCUT2D eigenvalue weighted by molar-refractivity contribution is 6.39. The molecule has 0 bridgehead atoms. The van der Waals surface area contributed by atoms with Crippen LogP contribution < -0.4 is 25.4 Å². The van der Waals surface area contributed by atoms with Crippen molar-refractivity contribution in [2.75, 3.05) is 20.8 Å². The minimum absolute atomic E-state index is 0.0286. The maximum Gasteiger partial charge on any atom is 0.237 e. The molecule has 0 aliphatic carbocycles. The van der Waals surface area contributed by atoms with Gasteiger partial charge in [0.25, 0.3) is 0 Å². The molecule has 0 radical (unpaired) electrons. The van der Waals surface area contributed by atoms with Gasteiger partial charge in [-0.1, -0.05) is 59.6 Å². The predicted molar refractivity (Wildman–Crippen MR) is 179 cm³/mol. The van der Waals surface area contributed by atoms with Crippen molar-refractivity contribution in [3.05, 3.63) is 70.2 Å². The Hall–Kier alpha value is -4.32. The number of hydrogen-bond donors (Lipinski definition) is 3. The number of amides is 2. The lowest BCUT2D eigenvalue weighted by Gasteiger charge is -2.15. The molecule has 4 aromatic rings. The minimum Gasteiger partial charge on any atom is -0.480 e. The molecule has 2 aliphatic rings. The number of carbonyl (C=O) groups excluding carboxylic acids is 2. The molecule has 11 nitrogen and oxygen atoms in total. The maximum atomic E-state index is 11.5. The summed E-state index contributed by atoms with van der Waals surface area (Å²) in [7, 11) is 3.12. The standard InChI is InChI=1S/C34H35Cl2N7O4/c1-46-33-25(11-3-6-19-12-13-29(44)41-19)38-16-26(42-33)23-9-4-7-21(31(23)35)22-8-5-10-24(32(22)36)27-17-39-28(34(43-27)47-2)18-37-20-14-30(45)40-15-20/h4-5,7-10,16-17,19-20,37H,3,6,11-15,18H2,1-2H3,(H,40,45)(H,41,44)/t19-,20-/m0/s1. The summed E-state index contributed by atoms with van der Waals surface area (Å²) in [6.45, 7) is 0.981. The van der Waals surface area contributed by atoms with Gasteiger partial charge in [0.2, 0.25) is 23.6 Å².